The van der Waals surface area contributed by atoms with Crippen LogP contribution in [0.1, 0.15) is 29.8 Å². The molecule has 1 aliphatic heterocycles. The van der Waals surface area contributed by atoms with Crippen molar-refractivity contribution in [3.05, 3.63) is 41.7 Å². The third-order valence-electron chi connectivity index (χ3n) is 3.68. The smallest absolute Gasteiger partial charge is 0.254 e. The molecule has 2 unspecified atom stereocenters. The van der Waals surface area contributed by atoms with Gasteiger partial charge in [0.2, 0.25) is 0 Å². The molecule has 0 saturated carbocycles. The van der Waals surface area contributed by atoms with Crippen LogP contribution in [0.4, 0.5) is 0 Å². The lowest BCUT2D eigenvalue weighted by Gasteiger charge is -2.35. The van der Waals surface area contributed by atoms with E-state index >= 15 is 0 Å². The Labute approximate surface area is 139 Å². The van der Waals surface area contributed by atoms with E-state index in [-0.39, 0.29) is 18.1 Å². The fraction of sp³-hybridized carbons (Fsp3) is 0.438. The van der Waals surface area contributed by atoms with Crippen molar-refractivity contribution in [2.75, 3.05) is 13.1 Å². The number of ether oxygens (including phenoxy) is 1. The highest BCUT2D eigenvalue weighted by Gasteiger charge is 2.26. The van der Waals surface area contributed by atoms with E-state index in [1.54, 1.807) is 11.8 Å². The lowest BCUT2D eigenvalue weighted by atomic mass is 10.1. The standard InChI is InChI=1S/C16H20N4O2S/c1-11-7-20(8-12(2)22-11)15(21)14-5-3-13(4-6-14)9-23-16-17-10-18-19-16/h3-6,10-12H,7-9H2,1-2H3,(H,17,18,19). The molecule has 1 aromatic heterocycles. The molecule has 122 valence electrons. The number of hydrogen-bond donors (Lipinski definition) is 1. The average Bonchev–Trinajstić information content (AvgIpc) is 3.05. The minimum Gasteiger partial charge on any atom is -0.372 e. The highest BCUT2D eigenvalue weighted by Crippen LogP contribution is 2.20. The number of nitrogens with one attached hydrogen (secondary N) is 1. The summed E-state index contributed by atoms with van der Waals surface area (Å²) in [7, 11) is 0. The predicted molar refractivity (Wildman–Crippen MR) is 88.3 cm³/mol. The van der Waals surface area contributed by atoms with E-state index < -0.39 is 0 Å². The molecule has 2 atom stereocenters. The number of carbonyl (C=O) groups is 1. The summed E-state index contributed by atoms with van der Waals surface area (Å²) in [6.45, 7) is 5.29. The maximum absolute atomic E-state index is 12.6. The first-order chi connectivity index (χ1) is 11.1. The van der Waals surface area contributed by atoms with Gasteiger partial charge in [-0.25, -0.2) is 4.98 Å². The van der Waals surface area contributed by atoms with E-state index in [1.807, 2.05) is 43.0 Å². The number of morpholine rings is 1. The van der Waals surface area contributed by atoms with Crippen molar-refractivity contribution in [3.8, 4) is 0 Å². The summed E-state index contributed by atoms with van der Waals surface area (Å²) in [4.78, 5) is 18.5. The van der Waals surface area contributed by atoms with Gasteiger partial charge in [-0.1, -0.05) is 23.9 Å². The minimum absolute atomic E-state index is 0.0708. The molecule has 0 aliphatic carbocycles. The molecule has 1 saturated heterocycles. The summed E-state index contributed by atoms with van der Waals surface area (Å²) in [5, 5.41) is 7.43. The molecule has 2 heterocycles. The van der Waals surface area contributed by atoms with Crippen molar-refractivity contribution in [2.45, 2.75) is 37.0 Å². The summed E-state index contributed by atoms with van der Waals surface area (Å²) in [6.07, 6.45) is 1.66. The number of carbonyl (C=O) groups excluding carboxylic acids is 1. The zero-order valence-corrected chi connectivity index (χ0v) is 14.0. The number of rotatable bonds is 4. The van der Waals surface area contributed by atoms with Gasteiger partial charge < -0.3 is 9.64 Å². The molecule has 0 spiro atoms. The molecule has 0 bridgehead atoms. The lowest BCUT2D eigenvalue weighted by molar-refractivity contribution is -0.0586. The number of amides is 1. The number of benzene rings is 1. The molecule has 3 rings (SSSR count). The third kappa shape index (κ3) is 4.11. The largest absolute Gasteiger partial charge is 0.372 e. The number of thioether (sulfide) groups is 1. The molecule has 7 heteroatoms. The van der Waals surface area contributed by atoms with Crippen molar-refractivity contribution in [1.82, 2.24) is 20.1 Å². The molecule has 1 fully saturated rings. The van der Waals surface area contributed by atoms with Gasteiger partial charge in [0.25, 0.3) is 5.91 Å². The van der Waals surface area contributed by atoms with Gasteiger partial charge in [0.05, 0.1) is 12.2 Å². The van der Waals surface area contributed by atoms with Crippen LogP contribution in [-0.2, 0) is 10.5 Å². The van der Waals surface area contributed by atoms with E-state index in [4.69, 9.17) is 4.74 Å². The quantitative estimate of drug-likeness (QED) is 0.870. The topological polar surface area (TPSA) is 71.1 Å². The van der Waals surface area contributed by atoms with Gasteiger partial charge in [-0.3, -0.25) is 9.89 Å². The highest BCUT2D eigenvalue weighted by molar-refractivity contribution is 7.98. The first-order valence-electron chi connectivity index (χ1n) is 7.63. The van der Waals surface area contributed by atoms with Gasteiger partial charge in [0.1, 0.15) is 6.33 Å². The molecule has 0 radical (unpaired) electrons. The summed E-state index contributed by atoms with van der Waals surface area (Å²) in [5.74, 6) is 0.858. The molecular weight excluding hydrogens is 312 g/mol. The summed E-state index contributed by atoms with van der Waals surface area (Å²) >= 11 is 1.58. The van der Waals surface area contributed by atoms with Crippen LogP contribution in [0.15, 0.2) is 35.7 Å². The zero-order valence-electron chi connectivity index (χ0n) is 13.2. The Morgan fingerprint density at radius 3 is 2.61 bits per heavy atom. The van der Waals surface area contributed by atoms with Crippen molar-refractivity contribution < 1.29 is 9.53 Å². The van der Waals surface area contributed by atoms with E-state index in [9.17, 15) is 4.79 Å². The van der Waals surface area contributed by atoms with Gasteiger partial charge in [0.15, 0.2) is 5.16 Å². The third-order valence-corrected chi connectivity index (χ3v) is 4.62. The summed E-state index contributed by atoms with van der Waals surface area (Å²) in [6, 6.07) is 7.76. The second-order valence-corrected chi connectivity index (χ2v) is 6.71. The van der Waals surface area contributed by atoms with Crippen LogP contribution in [-0.4, -0.2) is 51.3 Å². The van der Waals surface area contributed by atoms with Crippen molar-refractivity contribution in [1.29, 1.82) is 0 Å². The van der Waals surface area contributed by atoms with Gasteiger partial charge in [0, 0.05) is 24.4 Å². The van der Waals surface area contributed by atoms with Crippen LogP contribution >= 0.6 is 11.8 Å². The fourth-order valence-corrected chi connectivity index (χ4v) is 3.42. The number of hydrogen-bond acceptors (Lipinski definition) is 5. The SMILES string of the molecule is CC1CN(C(=O)c2ccc(CSc3ncn[nH]3)cc2)CC(C)O1. The van der Waals surface area contributed by atoms with Gasteiger partial charge in [-0.15, -0.1) is 0 Å². The molecule has 1 amide bonds. The first kappa shape index (κ1) is 16.0. The Balaban J connectivity index is 1.61. The van der Waals surface area contributed by atoms with Crippen LogP contribution in [0.3, 0.4) is 0 Å². The van der Waals surface area contributed by atoms with E-state index in [0.29, 0.717) is 13.1 Å². The molecule has 1 N–H and O–H groups in total. The van der Waals surface area contributed by atoms with Crippen LogP contribution in [0.2, 0.25) is 0 Å². The Kier molecular flexibility index (Phi) is 4.97. The summed E-state index contributed by atoms with van der Waals surface area (Å²) < 4.78 is 5.68. The number of aromatic amines is 1. The predicted octanol–water partition coefficient (Wildman–Crippen LogP) is 2.35. The molecule has 1 aromatic carbocycles. The van der Waals surface area contributed by atoms with Crippen molar-refractivity contribution in [2.24, 2.45) is 0 Å². The van der Waals surface area contributed by atoms with Crippen molar-refractivity contribution >= 4 is 17.7 Å². The minimum atomic E-state index is 0.0708. The van der Waals surface area contributed by atoms with Gasteiger partial charge in [-0.2, -0.15) is 5.10 Å². The number of H-pyrrole nitrogens is 1. The van der Waals surface area contributed by atoms with E-state index in [0.717, 1.165) is 22.0 Å². The number of nitrogens with zero attached hydrogens (tertiary/aromatic N) is 3. The van der Waals surface area contributed by atoms with Crippen LogP contribution in [0.25, 0.3) is 0 Å². The first-order valence-corrected chi connectivity index (χ1v) is 8.62. The zero-order chi connectivity index (χ0) is 16.2. The lowest BCUT2D eigenvalue weighted by Crippen LogP contribution is -2.48. The summed E-state index contributed by atoms with van der Waals surface area (Å²) in [5.41, 5.74) is 1.87. The number of aromatic nitrogens is 3. The normalized spacial score (nSPS) is 21.4. The Morgan fingerprint density at radius 2 is 2.00 bits per heavy atom. The average molecular weight is 332 g/mol. The molecule has 1 aliphatic rings. The molecular formula is C16H20N4O2S. The van der Waals surface area contributed by atoms with Crippen molar-refractivity contribution in [3.63, 3.8) is 0 Å². The monoisotopic (exact) mass is 332 g/mol. The van der Waals surface area contributed by atoms with E-state index in [1.165, 1.54) is 6.33 Å². The molecule has 23 heavy (non-hydrogen) atoms. The maximum atomic E-state index is 12.6. The molecule has 6 nitrogen and oxygen atoms in total. The molecule has 2 aromatic rings. The fourth-order valence-electron chi connectivity index (χ4n) is 2.69. The Morgan fingerprint density at radius 1 is 1.30 bits per heavy atom. The Bertz CT molecular complexity index is 635. The van der Waals surface area contributed by atoms with Crippen LogP contribution in [0.5, 0.6) is 0 Å². The highest BCUT2D eigenvalue weighted by atomic mass is 32.2. The van der Waals surface area contributed by atoms with Crippen LogP contribution < -0.4 is 0 Å². The van der Waals surface area contributed by atoms with Crippen LogP contribution in [0, 0.1) is 0 Å². The van der Waals surface area contributed by atoms with Gasteiger partial charge in [-0.05, 0) is 31.5 Å². The van der Waals surface area contributed by atoms with E-state index in [2.05, 4.69) is 15.2 Å². The second-order valence-electron chi connectivity index (χ2n) is 5.74. The van der Waals surface area contributed by atoms with Gasteiger partial charge >= 0.3 is 0 Å². The Hall–Kier alpha value is -1.86. The second kappa shape index (κ2) is 7.14. The maximum Gasteiger partial charge on any atom is 0.254 e.